The van der Waals surface area contributed by atoms with E-state index in [-0.39, 0.29) is 5.78 Å². The van der Waals surface area contributed by atoms with Gasteiger partial charge in [-0.1, -0.05) is 48.0 Å². The standard InChI is InChI=1S/C12H15BrO/c1-9(2)7-8-12(14)10-5-3-4-6-11(10)13/h3-6,9H,7-8H2,1-2H3. The average molecular weight is 255 g/mol. The normalized spacial score (nSPS) is 10.6. The third-order valence-corrected chi connectivity index (χ3v) is 2.81. The lowest BCUT2D eigenvalue weighted by atomic mass is 10.0. The molecule has 0 aromatic heterocycles. The fourth-order valence-electron chi connectivity index (χ4n) is 1.24. The summed E-state index contributed by atoms with van der Waals surface area (Å²) >= 11 is 3.38. The van der Waals surface area contributed by atoms with Gasteiger partial charge in [-0.15, -0.1) is 0 Å². The van der Waals surface area contributed by atoms with Crippen molar-refractivity contribution in [3.8, 4) is 0 Å². The quantitative estimate of drug-likeness (QED) is 0.741. The minimum atomic E-state index is 0.228. The van der Waals surface area contributed by atoms with Crippen molar-refractivity contribution in [3.63, 3.8) is 0 Å². The van der Waals surface area contributed by atoms with Crippen LogP contribution in [0.2, 0.25) is 0 Å². The number of hydrogen-bond acceptors (Lipinski definition) is 1. The number of carbonyl (C=O) groups is 1. The Morgan fingerprint density at radius 2 is 2.00 bits per heavy atom. The van der Waals surface area contributed by atoms with E-state index in [1.165, 1.54) is 0 Å². The second kappa shape index (κ2) is 5.30. The number of hydrogen-bond donors (Lipinski definition) is 0. The Labute approximate surface area is 93.7 Å². The van der Waals surface area contributed by atoms with Crippen molar-refractivity contribution in [2.24, 2.45) is 5.92 Å². The van der Waals surface area contributed by atoms with Crippen molar-refractivity contribution in [1.82, 2.24) is 0 Å². The van der Waals surface area contributed by atoms with E-state index in [1.807, 2.05) is 24.3 Å². The molecule has 0 heterocycles. The Morgan fingerprint density at radius 1 is 1.36 bits per heavy atom. The first-order valence-corrected chi connectivity index (χ1v) is 5.68. The molecule has 1 aromatic rings. The van der Waals surface area contributed by atoms with Crippen LogP contribution in [-0.2, 0) is 0 Å². The first-order valence-electron chi connectivity index (χ1n) is 4.89. The summed E-state index contributed by atoms with van der Waals surface area (Å²) in [6.45, 7) is 4.26. The molecule has 0 atom stereocenters. The largest absolute Gasteiger partial charge is 0.294 e. The number of Topliss-reactive ketones (excluding diaryl/α,β-unsaturated/α-hetero) is 1. The van der Waals surface area contributed by atoms with Gasteiger partial charge in [-0.05, 0) is 18.4 Å². The minimum absolute atomic E-state index is 0.228. The minimum Gasteiger partial charge on any atom is -0.294 e. The number of benzene rings is 1. The van der Waals surface area contributed by atoms with Crippen molar-refractivity contribution in [3.05, 3.63) is 34.3 Å². The van der Waals surface area contributed by atoms with Gasteiger partial charge < -0.3 is 0 Å². The van der Waals surface area contributed by atoms with E-state index in [2.05, 4.69) is 29.8 Å². The van der Waals surface area contributed by atoms with Gasteiger partial charge >= 0.3 is 0 Å². The molecule has 0 bridgehead atoms. The number of ketones is 1. The first-order chi connectivity index (χ1) is 6.61. The van der Waals surface area contributed by atoms with E-state index in [1.54, 1.807) is 0 Å². The van der Waals surface area contributed by atoms with Gasteiger partial charge in [0.2, 0.25) is 0 Å². The summed E-state index contributed by atoms with van der Waals surface area (Å²) < 4.78 is 0.897. The fraction of sp³-hybridized carbons (Fsp3) is 0.417. The highest BCUT2D eigenvalue weighted by Crippen LogP contribution is 2.19. The smallest absolute Gasteiger partial charge is 0.164 e. The molecule has 14 heavy (non-hydrogen) atoms. The summed E-state index contributed by atoms with van der Waals surface area (Å²) in [6, 6.07) is 7.59. The van der Waals surface area contributed by atoms with Crippen LogP contribution in [0, 0.1) is 5.92 Å². The summed E-state index contributed by atoms with van der Waals surface area (Å²) in [5.74, 6) is 0.813. The molecular formula is C12H15BrO. The zero-order valence-electron chi connectivity index (χ0n) is 8.59. The molecule has 0 unspecified atom stereocenters. The van der Waals surface area contributed by atoms with Gasteiger partial charge in [0.1, 0.15) is 0 Å². The van der Waals surface area contributed by atoms with E-state index >= 15 is 0 Å². The van der Waals surface area contributed by atoms with Crippen LogP contribution in [0.25, 0.3) is 0 Å². The average Bonchev–Trinajstić information content (AvgIpc) is 2.15. The van der Waals surface area contributed by atoms with Crippen molar-refractivity contribution in [2.75, 3.05) is 0 Å². The van der Waals surface area contributed by atoms with Gasteiger partial charge in [-0.3, -0.25) is 4.79 Å². The SMILES string of the molecule is CC(C)CCC(=O)c1ccccc1Br. The highest BCUT2D eigenvalue weighted by atomic mass is 79.9. The number of carbonyl (C=O) groups excluding carboxylic acids is 1. The van der Waals surface area contributed by atoms with E-state index in [9.17, 15) is 4.79 Å². The summed E-state index contributed by atoms with van der Waals surface area (Å²) in [7, 11) is 0. The number of rotatable bonds is 4. The van der Waals surface area contributed by atoms with Crippen LogP contribution in [0.5, 0.6) is 0 Å². The van der Waals surface area contributed by atoms with Crippen LogP contribution < -0.4 is 0 Å². The molecule has 0 fully saturated rings. The molecule has 0 spiro atoms. The second-order valence-corrected chi connectivity index (χ2v) is 4.69. The Balaban J connectivity index is 2.65. The Morgan fingerprint density at radius 3 is 2.57 bits per heavy atom. The zero-order chi connectivity index (χ0) is 10.6. The van der Waals surface area contributed by atoms with E-state index < -0.39 is 0 Å². The van der Waals surface area contributed by atoms with Gasteiger partial charge in [0.25, 0.3) is 0 Å². The maximum Gasteiger partial charge on any atom is 0.164 e. The third kappa shape index (κ3) is 3.26. The van der Waals surface area contributed by atoms with E-state index in [0.29, 0.717) is 12.3 Å². The molecule has 0 aliphatic heterocycles. The summed E-state index contributed by atoms with van der Waals surface area (Å²) in [5, 5.41) is 0. The highest BCUT2D eigenvalue weighted by molar-refractivity contribution is 9.10. The zero-order valence-corrected chi connectivity index (χ0v) is 10.2. The van der Waals surface area contributed by atoms with Gasteiger partial charge in [0, 0.05) is 16.5 Å². The molecule has 0 saturated carbocycles. The van der Waals surface area contributed by atoms with Gasteiger partial charge in [-0.2, -0.15) is 0 Å². The molecule has 0 amide bonds. The molecule has 1 rings (SSSR count). The maximum absolute atomic E-state index is 11.7. The molecule has 0 N–H and O–H groups in total. The van der Waals surface area contributed by atoms with Crippen LogP contribution >= 0.6 is 15.9 Å². The summed E-state index contributed by atoms with van der Waals surface area (Å²) in [6.07, 6.45) is 1.60. The third-order valence-electron chi connectivity index (χ3n) is 2.12. The van der Waals surface area contributed by atoms with Crippen LogP contribution in [0.3, 0.4) is 0 Å². The molecule has 2 heteroatoms. The molecule has 76 valence electrons. The highest BCUT2D eigenvalue weighted by Gasteiger charge is 2.09. The van der Waals surface area contributed by atoms with Crippen LogP contribution in [0.4, 0.5) is 0 Å². The lowest BCUT2D eigenvalue weighted by Crippen LogP contribution is -2.01. The van der Waals surface area contributed by atoms with Gasteiger partial charge in [0.05, 0.1) is 0 Å². The summed E-state index contributed by atoms with van der Waals surface area (Å²) in [5.41, 5.74) is 0.799. The molecule has 0 saturated heterocycles. The van der Waals surface area contributed by atoms with Crippen LogP contribution in [-0.4, -0.2) is 5.78 Å². The predicted molar refractivity (Wildman–Crippen MR) is 62.5 cm³/mol. The predicted octanol–water partition coefficient (Wildman–Crippen LogP) is 4.07. The van der Waals surface area contributed by atoms with E-state index in [0.717, 1.165) is 16.5 Å². The summed E-state index contributed by atoms with van der Waals surface area (Å²) in [4.78, 5) is 11.7. The molecule has 1 nitrogen and oxygen atoms in total. The Kier molecular flexibility index (Phi) is 4.33. The lowest BCUT2D eigenvalue weighted by Gasteiger charge is -2.05. The van der Waals surface area contributed by atoms with Gasteiger partial charge in [0.15, 0.2) is 5.78 Å². The van der Waals surface area contributed by atoms with Crippen LogP contribution in [0.15, 0.2) is 28.7 Å². The Bertz CT molecular complexity index is 318. The molecular weight excluding hydrogens is 240 g/mol. The van der Waals surface area contributed by atoms with E-state index in [4.69, 9.17) is 0 Å². The molecule has 0 radical (unpaired) electrons. The first kappa shape index (κ1) is 11.4. The maximum atomic E-state index is 11.7. The van der Waals surface area contributed by atoms with Crippen LogP contribution in [0.1, 0.15) is 37.0 Å². The second-order valence-electron chi connectivity index (χ2n) is 3.84. The van der Waals surface area contributed by atoms with Crippen molar-refractivity contribution in [2.45, 2.75) is 26.7 Å². The van der Waals surface area contributed by atoms with Crippen molar-refractivity contribution in [1.29, 1.82) is 0 Å². The topological polar surface area (TPSA) is 17.1 Å². The fourth-order valence-corrected chi connectivity index (χ4v) is 1.75. The molecule has 0 aliphatic carbocycles. The van der Waals surface area contributed by atoms with Gasteiger partial charge in [-0.25, -0.2) is 0 Å². The van der Waals surface area contributed by atoms with Crippen molar-refractivity contribution >= 4 is 21.7 Å². The lowest BCUT2D eigenvalue weighted by molar-refractivity contribution is 0.0974. The number of halogens is 1. The Hall–Kier alpha value is -0.630. The monoisotopic (exact) mass is 254 g/mol. The molecule has 1 aromatic carbocycles. The van der Waals surface area contributed by atoms with Crippen molar-refractivity contribution < 1.29 is 4.79 Å². The molecule has 0 aliphatic rings.